The standard InChI is InChI=1S/C23H26N8O2S/c1-30(34-3)23-16(5-4-8-24-23)20-28-19-21(25-14-26-22(19)29-20)27-17-7-6-15(13-18(17)32-2)31-9-11-33-12-10-31/h4-8,13-14H,9-12H2,1-3H3,(H2,25,26,27,28,29). The molecule has 4 heterocycles. The topological polar surface area (TPSA) is 104 Å². The third kappa shape index (κ3) is 4.31. The van der Waals surface area contributed by atoms with Crippen LogP contribution in [0.1, 0.15) is 0 Å². The van der Waals surface area contributed by atoms with Crippen LogP contribution in [0.15, 0.2) is 42.9 Å². The van der Waals surface area contributed by atoms with Gasteiger partial charge in [-0.1, -0.05) is 11.9 Å². The normalized spacial score (nSPS) is 13.8. The summed E-state index contributed by atoms with van der Waals surface area (Å²) in [6, 6.07) is 9.99. The highest BCUT2D eigenvalue weighted by molar-refractivity contribution is 7.99. The monoisotopic (exact) mass is 478 g/mol. The Balaban J connectivity index is 1.48. The number of imidazole rings is 1. The van der Waals surface area contributed by atoms with Crippen molar-refractivity contribution in [2.45, 2.75) is 0 Å². The van der Waals surface area contributed by atoms with Gasteiger partial charge in [-0.15, -0.1) is 0 Å². The summed E-state index contributed by atoms with van der Waals surface area (Å²) >= 11 is 1.58. The third-order valence-corrected chi connectivity index (χ3v) is 6.44. The van der Waals surface area contributed by atoms with Gasteiger partial charge in [-0.2, -0.15) is 0 Å². The Morgan fingerprint density at radius 1 is 1.18 bits per heavy atom. The van der Waals surface area contributed by atoms with E-state index in [-0.39, 0.29) is 0 Å². The Bertz CT molecular complexity index is 1290. The number of hydrogen-bond donors (Lipinski definition) is 2. The van der Waals surface area contributed by atoms with Gasteiger partial charge in [0.2, 0.25) is 0 Å². The maximum Gasteiger partial charge on any atom is 0.183 e. The summed E-state index contributed by atoms with van der Waals surface area (Å²) in [5.74, 6) is 2.84. The van der Waals surface area contributed by atoms with Crippen LogP contribution in [-0.2, 0) is 4.74 Å². The fraction of sp³-hybridized carbons (Fsp3) is 0.304. The van der Waals surface area contributed by atoms with Crippen molar-refractivity contribution in [2.24, 2.45) is 0 Å². The molecular weight excluding hydrogens is 452 g/mol. The van der Waals surface area contributed by atoms with Crippen LogP contribution in [0.5, 0.6) is 5.75 Å². The first-order valence-electron chi connectivity index (χ1n) is 10.9. The zero-order valence-corrected chi connectivity index (χ0v) is 20.1. The van der Waals surface area contributed by atoms with Crippen LogP contribution in [0.2, 0.25) is 0 Å². The molecular formula is C23H26N8O2S. The molecule has 11 heteroatoms. The summed E-state index contributed by atoms with van der Waals surface area (Å²) in [6.07, 6.45) is 5.28. The van der Waals surface area contributed by atoms with E-state index in [1.807, 2.05) is 41.9 Å². The van der Waals surface area contributed by atoms with E-state index in [0.29, 0.717) is 22.8 Å². The van der Waals surface area contributed by atoms with E-state index in [9.17, 15) is 0 Å². The highest BCUT2D eigenvalue weighted by Crippen LogP contribution is 2.35. The second kappa shape index (κ2) is 9.74. The van der Waals surface area contributed by atoms with Gasteiger partial charge < -0.3 is 29.0 Å². The number of hydrogen-bond acceptors (Lipinski definition) is 10. The number of morpholine rings is 1. The van der Waals surface area contributed by atoms with Gasteiger partial charge >= 0.3 is 0 Å². The quantitative estimate of drug-likeness (QED) is 0.382. The van der Waals surface area contributed by atoms with E-state index in [1.165, 1.54) is 6.33 Å². The molecule has 10 nitrogen and oxygen atoms in total. The van der Waals surface area contributed by atoms with E-state index in [0.717, 1.165) is 54.8 Å². The lowest BCUT2D eigenvalue weighted by Gasteiger charge is -2.29. The Morgan fingerprint density at radius 3 is 2.82 bits per heavy atom. The minimum atomic E-state index is 0.568. The maximum atomic E-state index is 5.68. The van der Waals surface area contributed by atoms with Crippen LogP contribution in [0.4, 0.5) is 23.0 Å². The molecule has 176 valence electrons. The average molecular weight is 479 g/mol. The van der Waals surface area contributed by atoms with Gasteiger partial charge in [-0.3, -0.25) is 0 Å². The molecule has 0 radical (unpaired) electrons. The molecule has 0 atom stereocenters. The first kappa shape index (κ1) is 22.2. The molecule has 34 heavy (non-hydrogen) atoms. The summed E-state index contributed by atoms with van der Waals surface area (Å²) in [5.41, 5.74) is 4.07. The number of nitrogens with one attached hydrogen (secondary N) is 2. The number of ether oxygens (including phenoxy) is 2. The highest BCUT2D eigenvalue weighted by Gasteiger charge is 2.18. The smallest absolute Gasteiger partial charge is 0.183 e. The summed E-state index contributed by atoms with van der Waals surface area (Å²) in [6.45, 7) is 3.19. The van der Waals surface area contributed by atoms with Crippen molar-refractivity contribution in [3.05, 3.63) is 42.9 Å². The first-order valence-corrected chi connectivity index (χ1v) is 12.1. The second-order valence-electron chi connectivity index (χ2n) is 7.67. The SMILES string of the molecule is COc1cc(N2CCOCC2)ccc1Nc1ncnc2nc(-c3cccnc3N(C)SC)[nH]c12. The van der Waals surface area contributed by atoms with Gasteiger partial charge in [0.25, 0.3) is 0 Å². The molecule has 1 fully saturated rings. The largest absolute Gasteiger partial charge is 0.494 e. The number of pyridine rings is 1. The number of aromatic amines is 1. The lowest BCUT2D eigenvalue weighted by molar-refractivity contribution is 0.122. The summed E-state index contributed by atoms with van der Waals surface area (Å²) in [4.78, 5) is 23.7. The molecule has 1 aliphatic heterocycles. The van der Waals surface area contributed by atoms with Crippen molar-refractivity contribution >= 4 is 46.1 Å². The van der Waals surface area contributed by atoms with Gasteiger partial charge in [0.05, 0.1) is 31.6 Å². The highest BCUT2D eigenvalue weighted by atomic mass is 32.2. The van der Waals surface area contributed by atoms with Crippen LogP contribution in [0, 0.1) is 0 Å². The van der Waals surface area contributed by atoms with E-state index >= 15 is 0 Å². The maximum absolute atomic E-state index is 5.68. The Morgan fingerprint density at radius 2 is 2.03 bits per heavy atom. The van der Waals surface area contributed by atoms with Gasteiger partial charge in [0, 0.05) is 44.3 Å². The molecule has 0 amide bonds. The zero-order valence-electron chi connectivity index (χ0n) is 19.3. The van der Waals surface area contributed by atoms with Crippen LogP contribution < -0.4 is 19.3 Å². The van der Waals surface area contributed by atoms with Gasteiger partial charge in [0.15, 0.2) is 11.5 Å². The van der Waals surface area contributed by atoms with E-state index in [2.05, 4.69) is 36.2 Å². The molecule has 1 aromatic carbocycles. The van der Waals surface area contributed by atoms with Crippen LogP contribution >= 0.6 is 11.9 Å². The minimum absolute atomic E-state index is 0.568. The molecule has 0 aliphatic carbocycles. The van der Waals surface area contributed by atoms with Crippen LogP contribution in [-0.4, -0.2) is 71.6 Å². The molecule has 0 bridgehead atoms. The number of benzene rings is 1. The van der Waals surface area contributed by atoms with E-state index in [4.69, 9.17) is 14.5 Å². The second-order valence-corrected chi connectivity index (χ2v) is 8.58. The predicted molar refractivity (Wildman–Crippen MR) is 136 cm³/mol. The minimum Gasteiger partial charge on any atom is -0.494 e. The fourth-order valence-corrected chi connectivity index (χ4v) is 4.22. The number of nitrogens with zero attached hydrogens (tertiary/aromatic N) is 6. The molecule has 4 aromatic rings. The lowest BCUT2D eigenvalue weighted by atomic mass is 10.2. The molecule has 0 spiro atoms. The third-order valence-electron chi connectivity index (χ3n) is 5.72. The molecule has 0 saturated carbocycles. The molecule has 1 saturated heterocycles. The van der Waals surface area contributed by atoms with E-state index < -0.39 is 0 Å². The number of anilines is 4. The van der Waals surface area contributed by atoms with Crippen molar-refractivity contribution in [3.8, 4) is 17.1 Å². The molecule has 2 N–H and O–H groups in total. The van der Waals surface area contributed by atoms with Crippen LogP contribution in [0.25, 0.3) is 22.6 Å². The summed E-state index contributed by atoms with van der Waals surface area (Å²) in [7, 11) is 3.64. The van der Waals surface area contributed by atoms with Gasteiger partial charge in [-0.25, -0.2) is 19.9 Å². The summed E-state index contributed by atoms with van der Waals surface area (Å²) in [5, 5.41) is 3.39. The van der Waals surface area contributed by atoms with Gasteiger partial charge in [0.1, 0.15) is 29.2 Å². The van der Waals surface area contributed by atoms with Crippen LogP contribution in [0.3, 0.4) is 0 Å². The average Bonchev–Trinajstić information content (AvgIpc) is 3.34. The molecule has 3 aromatic heterocycles. The van der Waals surface area contributed by atoms with Crippen molar-refractivity contribution in [1.82, 2.24) is 24.9 Å². The van der Waals surface area contributed by atoms with Crippen molar-refractivity contribution in [2.75, 3.05) is 61.2 Å². The van der Waals surface area contributed by atoms with Gasteiger partial charge in [-0.05, 0) is 24.3 Å². The lowest BCUT2D eigenvalue weighted by Crippen LogP contribution is -2.36. The number of aromatic nitrogens is 5. The molecule has 5 rings (SSSR count). The Hall–Kier alpha value is -3.57. The van der Waals surface area contributed by atoms with Crippen molar-refractivity contribution < 1.29 is 9.47 Å². The number of fused-ring (bicyclic) bond motifs is 1. The number of H-pyrrole nitrogens is 1. The predicted octanol–water partition coefficient (Wildman–Crippen LogP) is 3.72. The Labute approximate surface area is 201 Å². The molecule has 0 unspecified atom stereocenters. The Kier molecular flexibility index (Phi) is 6.37. The zero-order chi connectivity index (χ0) is 23.5. The van der Waals surface area contributed by atoms with Crippen molar-refractivity contribution in [3.63, 3.8) is 0 Å². The first-order chi connectivity index (χ1) is 16.7. The number of rotatable bonds is 7. The van der Waals surface area contributed by atoms with E-state index in [1.54, 1.807) is 25.3 Å². The molecule has 1 aliphatic rings. The van der Waals surface area contributed by atoms with Crippen molar-refractivity contribution in [1.29, 1.82) is 0 Å². The summed E-state index contributed by atoms with van der Waals surface area (Å²) < 4.78 is 13.1. The number of methoxy groups -OCH3 is 1. The fourth-order valence-electron chi connectivity index (χ4n) is 3.90.